The van der Waals surface area contributed by atoms with E-state index in [1.807, 2.05) is 60.7 Å². The lowest BCUT2D eigenvalue weighted by Gasteiger charge is -2.15. The van der Waals surface area contributed by atoms with Crippen LogP contribution >= 0.6 is 11.8 Å². The summed E-state index contributed by atoms with van der Waals surface area (Å²) in [6.07, 6.45) is 7.48. The highest BCUT2D eigenvalue weighted by Gasteiger charge is 2.24. The van der Waals surface area contributed by atoms with Gasteiger partial charge in [0.25, 0.3) is 0 Å². The van der Waals surface area contributed by atoms with E-state index in [1.165, 1.54) is 37.4 Å². The third-order valence-corrected chi connectivity index (χ3v) is 6.50. The summed E-state index contributed by atoms with van der Waals surface area (Å²) in [6.45, 7) is 0. The van der Waals surface area contributed by atoms with Gasteiger partial charge in [-0.25, -0.2) is 4.98 Å². The van der Waals surface area contributed by atoms with E-state index in [9.17, 15) is 4.79 Å². The van der Waals surface area contributed by atoms with E-state index in [1.54, 1.807) is 0 Å². The molecule has 1 heterocycles. The molecule has 0 bridgehead atoms. The Morgan fingerprint density at radius 2 is 1.76 bits per heavy atom. The maximum atomic E-state index is 13.0. The number of aromatic nitrogens is 3. The Kier molecular flexibility index (Phi) is 6.62. The minimum Gasteiger partial charge on any atom is -0.325 e. The molecular weight excluding hydrogens is 380 g/mol. The highest BCUT2D eigenvalue weighted by atomic mass is 32.2. The van der Waals surface area contributed by atoms with Gasteiger partial charge in [-0.1, -0.05) is 86.0 Å². The molecule has 0 saturated heterocycles. The van der Waals surface area contributed by atoms with Gasteiger partial charge in [0.2, 0.25) is 11.1 Å². The summed E-state index contributed by atoms with van der Waals surface area (Å²) >= 11 is 1.38. The van der Waals surface area contributed by atoms with Gasteiger partial charge in [0.1, 0.15) is 11.1 Å². The number of benzene rings is 2. The molecule has 4 rings (SSSR count). The maximum absolute atomic E-state index is 13.0. The van der Waals surface area contributed by atoms with Crippen LogP contribution in [0.3, 0.4) is 0 Å². The molecule has 1 amide bonds. The van der Waals surface area contributed by atoms with Crippen molar-refractivity contribution >= 4 is 23.4 Å². The summed E-state index contributed by atoms with van der Waals surface area (Å²) in [5.74, 6) is 1.66. The molecule has 1 saturated carbocycles. The number of para-hydroxylation sites is 1. The third-order valence-electron chi connectivity index (χ3n) is 5.38. The van der Waals surface area contributed by atoms with E-state index >= 15 is 0 Å². The molecule has 1 aromatic heterocycles. The number of aryl methyl sites for hydroxylation is 1. The lowest BCUT2D eigenvalue weighted by Crippen LogP contribution is -2.19. The molecule has 2 N–H and O–H groups in total. The number of amides is 1. The second kappa shape index (κ2) is 9.74. The number of carbonyl (C=O) groups is 1. The van der Waals surface area contributed by atoms with E-state index in [-0.39, 0.29) is 5.91 Å². The summed E-state index contributed by atoms with van der Waals surface area (Å²) in [4.78, 5) is 17.7. The van der Waals surface area contributed by atoms with Crippen LogP contribution in [0.25, 0.3) is 0 Å². The molecule has 0 spiro atoms. The van der Waals surface area contributed by atoms with Crippen molar-refractivity contribution in [3.63, 3.8) is 0 Å². The average Bonchev–Trinajstić information content (AvgIpc) is 3.44. The topological polar surface area (TPSA) is 70.7 Å². The highest BCUT2D eigenvalue weighted by molar-refractivity contribution is 8.00. The Bertz CT molecular complexity index is 907. The SMILES string of the molecule is O=C(Nc1ccccc1)C(Sc1n[nH]c(CCC2CCCC2)n1)c1ccccc1. The van der Waals surface area contributed by atoms with Gasteiger partial charge < -0.3 is 5.32 Å². The highest BCUT2D eigenvalue weighted by Crippen LogP contribution is 2.35. The number of carbonyl (C=O) groups excluding carboxylic acids is 1. The summed E-state index contributed by atoms with van der Waals surface area (Å²) in [5, 5.41) is 10.6. The van der Waals surface area contributed by atoms with Crippen LogP contribution in [0.2, 0.25) is 0 Å². The second-order valence-corrected chi connectivity index (χ2v) is 8.59. The van der Waals surface area contributed by atoms with Gasteiger partial charge in [0, 0.05) is 12.1 Å². The first-order chi connectivity index (χ1) is 14.3. The number of rotatable bonds is 8. The van der Waals surface area contributed by atoms with Crippen molar-refractivity contribution in [1.82, 2.24) is 15.2 Å². The number of hydrogen-bond donors (Lipinski definition) is 2. The van der Waals surface area contributed by atoms with Crippen molar-refractivity contribution in [1.29, 1.82) is 0 Å². The van der Waals surface area contributed by atoms with Crippen molar-refractivity contribution in [2.75, 3.05) is 5.32 Å². The molecule has 29 heavy (non-hydrogen) atoms. The Morgan fingerprint density at radius 3 is 2.48 bits per heavy atom. The minimum atomic E-state index is -0.421. The summed E-state index contributed by atoms with van der Waals surface area (Å²) in [7, 11) is 0. The Morgan fingerprint density at radius 1 is 1.07 bits per heavy atom. The number of nitrogens with one attached hydrogen (secondary N) is 2. The number of aromatic amines is 1. The molecule has 1 aliphatic carbocycles. The fourth-order valence-corrected chi connectivity index (χ4v) is 4.75. The standard InChI is InChI=1S/C23H26N4OS/c28-22(24-19-13-5-2-6-14-19)21(18-11-3-1-4-12-18)29-23-25-20(26-27-23)16-15-17-9-7-8-10-17/h1-6,11-14,17,21H,7-10,15-16H2,(H,24,28)(H,25,26,27). The summed E-state index contributed by atoms with van der Waals surface area (Å²) < 4.78 is 0. The maximum Gasteiger partial charge on any atom is 0.242 e. The molecule has 1 aliphatic rings. The van der Waals surface area contributed by atoms with Crippen LogP contribution in [0.15, 0.2) is 65.8 Å². The van der Waals surface area contributed by atoms with Crippen LogP contribution < -0.4 is 5.32 Å². The third kappa shape index (κ3) is 5.48. The van der Waals surface area contributed by atoms with Gasteiger partial charge in [-0.2, -0.15) is 0 Å². The smallest absolute Gasteiger partial charge is 0.242 e. The van der Waals surface area contributed by atoms with E-state index < -0.39 is 5.25 Å². The zero-order chi connectivity index (χ0) is 19.9. The van der Waals surface area contributed by atoms with Crippen LogP contribution in [0, 0.1) is 5.92 Å². The fourth-order valence-electron chi connectivity index (χ4n) is 3.82. The van der Waals surface area contributed by atoms with E-state index in [4.69, 9.17) is 0 Å². The van der Waals surface area contributed by atoms with Crippen molar-refractivity contribution < 1.29 is 4.79 Å². The summed E-state index contributed by atoms with van der Waals surface area (Å²) in [6, 6.07) is 19.3. The molecule has 150 valence electrons. The first-order valence-electron chi connectivity index (χ1n) is 10.3. The zero-order valence-corrected chi connectivity index (χ0v) is 17.2. The van der Waals surface area contributed by atoms with E-state index in [2.05, 4.69) is 20.5 Å². The number of H-pyrrole nitrogens is 1. The van der Waals surface area contributed by atoms with Crippen LogP contribution in [-0.2, 0) is 11.2 Å². The van der Waals surface area contributed by atoms with Crippen molar-refractivity contribution in [2.24, 2.45) is 5.92 Å². The van der Waals surface area contributed by atoms with Gasteiger partial charge in [-0.05, 0) is 30.0 Å². The van der Waals surface area contributed by atoms with Crippen molar-refractivity contribution in [2.45, 2.75) is 48.9 Å². The van der Waals surface area contributed by atoms with E-state index in [0.29, 0.717) is 5.16 Å². The molecule has 1 fully saturated rings. The van der Waals surface area contributed by atoms with Crippen molar-refractivity contribution in [3.8, 4) is 0 Å². The van der Waals surface area contributed by atoms with Gasteiger partial charge in [-0.15, -0.1) is 5.10 Å². The predicted octanol–water partition coefficient (Wildman–Crippen LogP) is 5.40. The Hall–Kier alpha value is -2.60. The van der Waals surface area contributed by atoms with Gasteiger partial charge in [0.15, 0.2) is 0 Å². The first kappa shape index (κ1) is 19.7. The lowest BCUT2D eigenvalue weighted by molar-refractivity contribution is -0.115. The number of hydrogen-bond acceptors (Lipinski definition) is 4. The first-order valence-corrected chi connectivity index (χ1v) is 11.1. The van der Waals surface area contributed by atoms with Crippen molar-refractivity contribution in [3.05, 3.63) is 72.1 Å². The Labute approximate surface area is 175 Å². The number of anilines is 1. The molecule has 1 unspecified atom stereocenters. The van der Waals surface area contributed by atoms with Crippen LogP contribution in [0.5, 0.6) is 0 Å². The van der Waals surface area contributed by atoms with Crippen LogP contribution in [0.1, 0.15) is 48.7 Å². The minimum absolute atomic E-state index is 0.0790. The average molecular weight is 407 g/mol. The van der Waals surface area contributed by atoms with Gasteiger partial charge >= 0.3 is 0 Å². The Balaban J connectivity index is 1.44. The fraction of sp³-hybridized carbons (Fsp3) is 0.348. The van der Waals surface area contributed by atoms with Gasteiger partial charge in [-0.3, -0.25) is 9.89 Å². The zero-order valence-electron chi connectivity index (χ0n) is 16.4. The normalized spacial score (nSPS) is 15.3. The summed E-state index contributed by atoms with van der Waals surface area (Å²) in [5.41, 5.74) is 1.72. The molecular formula is C23H26N4OS. The second-order valence-electron chi connectivity index (χ2n) is 7.52. The quantitative estimate of drug-likeness (QED) is 0.491. The largest absolute Gasteiger partial charge is 0.325 e. The predicted molar refractivity (Wildman–Crippen MR) is 117 cm³/mol. The van der Waals surface area contributed by atoms with E-state index in [0.717, 1.165) is 35.8 Å². The molecule has 0 radical (unpaired) electrons. The van der Waals surface area contributed by atoms with Crippen LogP contribution in [0.4, 0.5) is 5.69 Å². The number of thioether (sulfide) groups is 1. The molecule has 2 aromatic carbocycles. The molecule has 3 aromatic rings. The molecule has 5 nitrogen and oxygen atoms in total. The lowest BCUT2D eigenvalue weighted by atomic mass is 10.0. The monoisotopic (exact) mass is 406 g/mol. The van der Waals surface area contributed by atoms with Crippen LogP contribution in [-0.4, -0.2) is 21.1 Å². The molecule has 6 heteroatoms. The molecule has 0 aliphatic heterocycles. The van der Waals surface area contributed by atoms with Gasteiger partial charge in [0.05, 0.1) is 0 Å². The molecule has 1 atom stereocenters. The number of nitrogens with zero attached hydrogens (tertiary/aromatic N) is 2.